The second kappa shape index (κ2) is 6.70. The van der Waals surface area contributed by atoms with Crippen molar-refractivity contribution in [2.24, 2.45) is 0 Å². The number of aliphatic carboxylic acids is 3. The molecule has 0 spiro atoms. The van der Waals surface area contributed by atoms with Crippen molar-refractivity contribution in [1.82, 2.24) is 0 Å². The number of esters is 1. The molecule has 0 aliphatic heterocycles. The molecule has 0 radical (unpaired) electrons. The molecule has 118 valence electrons. The third-order valence-corrected chi connectivity index (χ3v) is 2.92. The van der Waals surface area contributed by atoms with Crippen molar-refractivity contribution < 1.29 is 39.2 Å². The molecule has 0 unspecified atom stereocenters. The second-order valence-electron chi connectivity index (χ2n) is 4.64. The van der Waals surface area contributed by atoms with E-state index in [1.165, 1.54) is 12.1 Å². The number of carboxylic acid groups (broad SMARTS) is 3. The van der Waals surface area contributed by atoms with Crippen molar-refractivity contribution in [3.63, 3.8) is 0 Å². The zero-order valence-electron chi connectivity index (χ0n) is 11.6. The molecule has 1 aromatic carbocycles. The summed E-state index contributed by atoms with van der Waals surface area (Å²) in [7, 11) is 0. The van der Waals surface area contributed by atoms with Crippen molar-refractivity contribution in [3.05, 3.63) is 35.4 Å². The van der Waals surface area contributed by atoms with Gasteiger partial charge in [0.15, 0.2) is 0 Å². The summed E-state index contributed by atoms with van der Waals surface area (Å²) in [5.74, 6) is -6.12. The van der Waals surface area contributed by atoms with Gasteiger partial charge in [0.2, 0.25) is 5.60 Å². The lowest BCUT2D eigenvalue weighted by Gasteiger charge is -2.26. The minimum Gasteiger partial charge on any atom is -0.481 e. The van der Waals surface area contributed by atoms with Crippen molar-refractivity contribution in [1.29, 1.82) is 0 Å². The summed E-state index contributed by atoms with van der Waals surface area (Å²) >= 11 is 0. The van der Waals surface area contributed by atoms with Gasteiger partial charge in [-0.05, 0) is 18.6 Å². The fraction of sp³-hybridized carbons (Fsp3) is 0.286. The molecule has 0 bridgehead atoms. The molecule has 0 aliphatic rings. The fourth-order valence-electron chi connectivity index (χ4n) is 1.85. The van der Waals surface area contributed by atoms with Crippen molar-refractivity contribution in [3.8, 4) is 0 Å². The normalized spacial score (nSPS) is 10.8. The Morgan fingerprint density at radius 2 is 1.50 bits per heavy atom. The van der Waals surface area contributed by atoms with Gasteiger partial charge in [0.1, 0.15) is 0 Å². The van der Waals surface area contributed by atoms with Gasteiger partial charge < -0.3 is 20.1 Å². The van der Waals surface area contributed by atoms with Crippen LogP contribution in [0.1, 0.15) is 28.8 Å². The number of hydrogen-bond donors (Lipinski definition) is 3. The number of carboxylic acids is 3. The average molecular weight is 310 g/mol. The number of aryl methyl sites for hydroxylation is 1. The highest BCUT2D eigenvalue weighted by Gasteiger charge is 2.47. The maximum atomic E-state index is 12.1. The first-order valence-electron chi connectivity index (χ1n) is 6.14. The summed E-state index contributed by atoms with van der Waals surface area (Å²) in [4.78, 5) is 45.1. The molecule has 0 saturated carbocycles. The number of carbonyl (C=O) groups is 4. The summed E-state index contributed by atoms with van der Waals surface area (Å²) in [6, 6.07) is 6.10. The molecule has 1 aromatic rings. The second-order valence-corrected chi connectivity index (χ2v) is 4.64. The molecule has 0 atom stereocenters. The summed E-state index contributed by atoms with van der Waals surface area (Å²) in [6.45, 7) is 1.58. The molecule has 0 heterocycles. The Bertz CT molecular complexity index is 603. The van der Waals surface area contributed by atoms with Crippen LogP contribution in [-0.4, -0.2) is 44.8 Å². The Kier molecular flexibility index (Phi) is 5.23. The van der Waals surface area contributed by atoms with Gasteiger partial charge in [0.25, 0.3) is 0 Å². The van der Waals surface area contributed by atoms with E-state index in [-0.39, 0.29) is 5.56 Å². The SMILES string of the molecule is Cc1ccccc1C(=O)OC(CC(=O)O)(CC(=O)O)C(=O)O. The number of hydrogen-bond acceptors (Lipinski definition) is 5. The highest BCUT2D eigenvalue weighted by Crippen LogP contribution is 2.24. The molecule has 1 rings (SSSR count). The van der Waals surface area contributed by atoms with Crippen LogP contribution in [0.5, 0.6) is 0 Å². The Labute approximate surface area is 124 Å². The van der Waals surface area contributed by atoms with Gasteiger partial charge in [-0.25, -0.2) is 9.59 Å². The van der Waals surface area contributed by atoms with E-state index in [0.717, 1.165) is 0 Å². The smallest absolute Gasteiger partial charge is 0.349 e. The van der Waals surface area contributed by atoms with Gasteiger partial charge in [-0.15, -0.1) is 0 Å². The lowest BCUT2D eigenvalue weighted by Crippen LogP contribution is -2.47. The lowest BCUT2D eigenvalue weighted by atomic mass is 9.95. The molecule has 8 heteroatoms. The number of benzene rings is 1. The Hall–Kier alpha value is -2.90. The van der Waals surface area contributed by atoms with Crippen LogP contribution in [-0.2, 0) is 19.1 Å². The van der Waals surface area contributed by atoms with Crippen LogP contribution >= 0.6 is 0 Å². The van der Waals surface area contributed by atoms with Gasteiger partial charge in [0, 0.05) is 0 Å². The average Bonchev–Trinajstić information content (AvgIpc) is 2.36. The maximum absolute atomic E-state index is 12.1. The van der Waals surface area contributed by atoms with E-state index >= 15 is 0 Å². The van der Waals surface area contributed by atoms with E-state index in [1.54, 1.807) is 19.1 Å². The fourth-order valence-corrected chi connectivity index (χ4v) is 1.85. The quantitative estimate of drug-likeness (QED) is 0.632. The van der Waals surface area contributed by atoms with E-state index < -0.39 is 42.3 Å². The Morgan fingerprint density at radius 1 is 1.00 bits per heavy atom. The predicted molar refractivity (Wildman–Crippen MR) is 71.5 cm³/mol. The van der Waals surface area contributed by atoms with E-state index in [2.05, 4.69) is 0 Å². The highest BCUT2D eigenvalue weighted by atomic mass is 16.6. The minimum absolute atomic E-state index is 0.0314. The summed E-state index contributed by atoms with van der Waals surface area (Å²) in [6.07, 6.45) is -2.32. The third-order valence-electron chi connectivity index (χ3n) is 2.92. The number of rotatable bonds is 7. The maximum Gasteiger partial charge on any atom is 0.349 e. The summed E-state index contributed by atoms with van der Waals surface area (Å²) < 4.78 is 4.79. The molecule has 0 aliphatic carbocycles. The molecule has 0 aromatic heterocycles. The predicted octanol–water partition coefficient (Wildman–Crippen LogP) is 0.925. The van der Waals surface area contributed by atoms with Gasteiger partial charge >= 0.3 is 23.9 Å². The van der Waals surface area contributed by atoms with Crippen LogP contribution in [0, 0.1) is 6.92 Å². The number of ether oxygens (including phenoxy) is 1. The molecular formula is C14H14O8. The van der Waals surface area contributed by atoms with Crippen molar-refractivity contribution >= 4 is 23.9 Å². The van der Waals surface area contributed by atoms with Crippen molar-refractivity contribution in [2.75, 3.05) is 0 Å². The zero-order valence-corrected chi connectivity index (χ0v) is 11.6. The first-order valence-corrected chi connectivity index (χ1v) is 6.14. The molecule has 3 N–H and O–H groups in total. The van der Waals surface area contributed by atoms with Gasteiger partial charge in [-0.3, -0.25) is 9.59 Å². The van der Waals surface area contributed by atoms with Crippen LogP contribution in [0.2, 0.25) is 0 Å². The molecule has 22 heavy (non-hydrogen) atoms. The largest absolute Gasteiger partial charge is 0.481 e. The summed E-state index contributed by atoms with van der Waals surface area (Å²) in [5.41, 5.74) is -2.15. The zero-order chi connectivity index (χ0) is 16.9. The van der Waals surface area contributed by atoms with Crippen LogP contribution in [0.15, 0.2) is 24.3 Å². The van der Waals surface area contributed by atoms with E-state index in [0.29, 0.717) is 5.56 Å². The van der Waals surface area contributed by atoms with Gasteiger partial charge in [0.05, 0.1) is 18.4 Å². The van der Waals surface area contributed by atoms with Crippen molar-refractivity contribution in [2.45, 2.75) is 25.4 Å². The van der Waals surface area contributed by atoms with E-state index in [9.17, 15) is 24.3 Å². The molecule has 8 nitrogen and oxygen atoms in total. The topological polar surface area (TPSA) is 138 Å². The standard InChI is InChI=1S/C14H14O8/c1-8-4-2-3-5-9(8)12(19)22-14(13(20)21,6-10(15)16)7-11(17)18/h2-5H,6-7H2,1H3,(H,15,16)(H,17,18)(H,20,21). The van der Waals surface area contributed by atoms with Crippen LogP contribution in [0.3, 0.4) is 0 Å². The van der Waals surface area contributed by atoms with Gasteiger partial charge in [-0.1, -0.05) is 18.2 Å². The molecular weight excluding hydrogens is 296 g/mol. The minimum atomic E-state index is -2.67. The Balaban J connectivity index is 3.19. The lowest BCUT2D eigenvalue weighted by molar-refractivity contribution is -0.171. The van der Waals surface area contributed by atoms with Crippen LogP contribution in [0.4, 0.5) is 0 Å². The van der Waals surface area contributed by atoms with Crippen LogP contribution < -0.4 is 0 Å². The summed E-state index contributed by atoms with van der Waals surface area (Å²) in [5, 5.41) is 26.8. The molecule has 0 amide bonds. The number of carbonyl (C=O) groups excluding carboxylic acids is 1. The van der Waals surface area contributed by atoms with E-state index in [4.69, 9.17) is 14.9 Å². The Morgan fingerprint density at radius 3 is 1.91 bits per heavy atom. The molecule has 0 fully saturated rings. The third kappa shape index (κ3) is 4.05. The van der Waals surface area contributed by atoms with Crippen LogP contribution in [0.25, 0.3) is 0 Å². The molecule has 0 saturated heterocycles. The first kappa shape index (κ1) is 17.2. The van der Waals surface area contributed by atoms with Gasteiger partial charge in [-0.2, -0.15) is 0 Å². The highest BCUT2D eigenvalue weighted by molar-refractivity contribution is 5.96. The van der Waals surface area contributed by atoms with E-state index in [1.807, 2.05) is 0 Å². The first-order chi connectivity index (χ1) is 10.2. The monoisotopic (exact) mass is 310 g/mol.